The van der Waals surface area contributed by atoms with Gasteiger partial charge in [-0.05, 0) is 37.1 Å². The van der Waals surface area contributed by atoms with E-state index in [-0.39, 0.29) is 4.90 Å². The van der Waals surface area contributed by atoms with Crippen molar-refractivity contribution in [3.63, 3.8) is 0 Å². The Morgan fingerprint density at radius 1 is 1.12 bits per heavy atom. The molecule has 0 unspecified atom stereocenters. The Morgan fingerprint density at radius 2 is 1.76 bits per heavy atom. The van der Waals surface area contributed by atoms with Crippen LogP contribution >= 0.6 is 27.5 Å². The summed E-state index contributed by atoms with van der Waals surface area (Å²) in [5.74, 6) is 0.624. The van der Waals surface area contributed by atoms with Crippen LogP contribution in [0, 0.1) is 0 Å². The largest absolute Gasteiger partial charge is 0.240 e. The van der Waals surface area contributed by atoms with E-state index in [4.69, 9.17) is 11.6 Å². The average Bonchev–Trinajstić information content (AvgIpc) is 2.29. The minimum absolute atomic E-state index is 0.290. The van der Waals surface area contributed by atoms with Crippen LogP contribution < -0.4 is 4.72 Å². The summed E-state index contributed by atoms with van der Waals surface area (Å²) in [4.78, 5) is 0.290. The maximum Gasteiger partial charge on any atom is 0.240 e. The van der Waals surface area contributed by atoms with Crippen molar-refractivity contribution in [1.82, 2.24) is 4.72 Å². The summed E-state index contributed by atoms with van der Waals surface area (Å²) in [6.45, 7) is 0.454. The van der Waals surface area contributed by atoms with Gasteiger partial charge in [0.15, 0.2) is 0 Å². The van der Waals surface area contributed by atoms with Crippen LogP contribution in [0.15, 0.2) is 33.6 Å². The summed E-state index contributed by atoms with van der Waals surface area (Å²) in [6, 6.07) is 6.57. The van der Waals surface area contributed by atoms with Crippen LogP contribution in [-0.2, 0) is 10.0 Å². The number of hydrogen-bond donors (Lipinski definition) is 1. The Hall–Kier alpha value is -0.100. The fourth-order valence-corrected chi connectivity index (χ4v) is 2.83. The van der Waals surface area contributed by atoms with Crippen molar-refractivity contribution < 1.29 is 8.42 Å². The molecule has 0 saturated heterocycles. The van der Waals surface area contributed by atoms with Gasteiger partial charge in [-0.3, -0.25) is 0 Å². The molecule has 0 aliphatic carbocycles. The van der Waals surface area contributed by atoms with Crippen molar-refractivity contribution in [1.29, 1.82) is 0 Å². The molecule has 1 aromatic carbocycles. The summed E-state index contributed by atoms with van der Waals surface area (Å²) < 4.78 is 27.1. The number of alkyl halides is 1. The quantitative estimate of drug-likeness (QED) is 0.612. The highest BCUT2D eigenvalue weighted by atomic mass is 79.9. The Bertz CT molecular complexity index is 433. The molecule has 1 rings (SSSR count). The molecule has 17 heavy (non-hydrogen) atoms. The van der Waals surface area contributed by atoms with Crippen LogP contribution in [0.2, 0.25) is 0 Å². The van der Waals surface area contributed by atoms with Gasteiger partial charge in [0.05, 0.1) is 4.90 Å². The Labute approximate surface area is 116 Å². The SMILES string of the molecule is O=S(=O)(NCCCCCCl)c1ccc(Br)cc1. The van der Waals surface area contributed by atoms with Gasteiger partial charge in [0, 0.05) is 16.9 Å². The van der Waals surface area contributed by atoms with E-state index in [2.05, 4.69) is 20.7 Å². The van der Waals surface area contributed by atoms with Gasteiger partial charge in [-0.1, -0.05) is 22.4 Å². The molecule has 3 nitrogen and oxygen atoms in total. The van der Waals surface area contributed by atoms with Gasteiger partial charge in [0.25, 0.3) is 0 Å². The first-order valence-corrected chi connectivity index (χ1v) is 8.18. The van der Waals surface area contributed by atoms with Gasteiger partial charge >= 0.3 is 0 Å². The van der Waals surface area contributed by atoms with Crippen molar-refractivity contribution >= 4 is 37.6 Å². The topological polar surface area (TPSA) is 46.2 Å². The normalized spacial score (nSPS) is 11.6. The van der Waals surface area contributed by atoms with E-state index >= 15 is 0 Å². The maximum absolute atomic E-state index is 11.8. The lowest BCUT2D eigenvalue weighted by atomic mass is 10.2. The molecule has 0 spiro atoms. The first-order chi connectivity index (χ1) is 8.06. The number of nitrogens with one attached hydrogen (secondary N) is 1. The van der Waals surface area contributed by atoms with Crippen molar-refractivity contribution in [3.8, 4) is 0 Å². The van der Waals surface area contributed by atoms with Gasteiger partial charge in [0.1, 0.15) is 0 Å². The molecule has 0 heterocycles. The molecule has 0 fully saturated rings. The van der Waals surface area contributed by atoms with E-state index < -0.39 is 10.0 Å². The monoisotopic (exact) mass is 339 g/mol. The minimum Gasteiger partial charge on any atom is -0.211 e. The third kappa shape index (κ3) is 5.38. The van der Waals surface area contributed by atoms with Crippen LogP contribution in [0.4, 0.5) is 0 Å². The lowest BCUT2D eigenvalue weighted by molar-refractivity contribution is 0.576. The first-order valence-electron chi connectivity index (χ1n) is 5.37. The van der Waals surface area contributed by atoms with E-state index in [1.807, 2.05) is 0 Å². The average molecular weight is 341 g/mol. The highest BCUT2D eigenvalue weighted by Gasteiger charge is 2.12. The van der Waals surface area contributed by atoms with Gasteiger partial charge in [-0.2, -0.15) is 0 Å². The highest BCUT2D eigenvalue weighted by Crippen LogP contribution is 2.14. The predicted molar refractivity (Wildman–Crippen MR) is 73.9 cm³/mol. The number of halogens is 2. The fraction of sp³-hybridized carbons (Fsp3) is 0.455. The van der Waals surface area contributed by atoms with Crippen LogP contribution in [0.3, 0.4) is 0 Å². The molecule has 0 aromatic heterocycles. The molecule has 0 saturated carbocycles. The summed E-state index contributed by atoms with van der Waals surface area (Å²) >= 11 is 8.80. The van der Waals surface area contributed by atoms with Crippen molar-refractivity contribution in [2.75, 3.05) is 12.4 Å². The molecule has 0 aliphatic rings. The third-order valence-electron chi connectivity index (χ3n) is 2.23. The molecule has 0 aliphatic heterocycles. The van der Waals surface area contributed by atoms with Crippen LogP contribution in [0.25, 0.3) is 0 Å². The van der Waals surface area contributed by atoms with Crippen LogP contribution in [-0.4, -0.2) is 20.8 Å². The lowest BCUT2D eigenvalue weighted by Crippen LogP contribution is -2.24. The molecule has 96 valence electrons. The molecule has 0 radical (unpaired) electrons. The second kappa shape index (κ2) is 7.36. The first kappa shape index (κ1) is 15.0. The Balaban J connectivity index is 2.48. The second-order valence-electron chi connectivity index (χ2n) is 3.60. The zero-order chi connectivity index (χ0) is 12.7. The second-order valence-corrected chi connectivity index (χ2v) is 6.66. The van der Waals surface area contributed by atoms with E-state index in [1.165, 1.54) is 0 Å². The summed E-state index contributed by atoms with van der Waals surface area (Å²) in [5.41, 5.74) is 0. The van der Waals surface area contributed by atoms with Crippen LogP contribution in [0.1, 0.15) is 19.3 Å². The van der Waals surface area contributed by atoms with Gasteiger partial charge in [-0.15, -0.1) is 11.6 Å². The molecule has 0 atom stereocenters. The Kier molecular flexibility index (Phi) is 6.48. The minimum atomic E-state index is -3.37. The summed E-state index contributed by atoms with van der Waals surface area (Å²) in [6.07, 6.45) is 2.66. The van der Waals surface area contributed by atoms with Crippen LogP contribution in [0.5, 0.6) is 0 Å². The van der Waals surface area contributed by atoms with E-state index in [0.29, 0.717) is 12.4 Å². The van der Waals surface area contributed by atoms with Gasteiger partial charge < -0.3 is 0 Å². The summed E-state index contributed by atoms with van der Waals surface area (Å²) in [5, 5.41) is 0. The Morgan fingerprint density at radius 3 is 2.35 bits per heavy atom. The van der Waals surface area contributed by atoms with Gasteiger partial charge in [-0.25, -0.2) is 13.1 Å². The number of sulfonamides is 1. The number of unbranched alkanes of at least 4 members (excludes halogenated alkanes) is 2. The molecule has 6 heteroatoms. The summed E-state index contributed by atoms with van der Waals surface area (Å²) in [7, 11) is -3.37. The zero-order valence-electron chi connectivity index (χ0n) is 9.33. The third-order valence-corrected chi connectivity index (χ3v) is 4.50. The van der Waals surface area contributed by atoms with E-state index in [1.54, 1.807) is 24.3 Å². The zero-order valence-corrected chi connectivity index (χ0v) is 12.5. The molecule has 0 amide bonds. The molecule has 1 N–H and O–H groups in total. The van der Waals surface area contributed by atoms with E-state index in [0.717, 1.165) is 23.7 Å². The molecule has 1 aromatic rings. The van der Waals surface area contributed by atoms with Crippen molar-refractivity contribution in [3.05, 3.63) is 28.7 Å². The molecular formula is C11H15BrClNO2S. The smallest absolute Gasteiger partial charge is 0.211 e. The molecular weight excluding hydrogens is 326 g/mol. The fourth-order valence-electron chi connectivity index (χ4n) is 1.30. The number of benzene rings is 1. The van der Waals surface area contributed by atoms with Gasteiger partial charge in [0.2, 0.25) is 10.0 Å². The van der Waals surface area contributed by atoms with Crippen molar-refractivity contribution in [2.45, 2.75) is 24.2 Å². The predicted octanol–water partition coefficient (Wildman–Crippen LogP) is 3.14. The lowest BCUT2D eigenvalue weighted by Gasteiger charge is -2.06. The number of hydrogen-bond acceptors (Lipinski definition) is 2. The highest BCUT2D eigenvalue weighted by molar-refractivity contribution is 9.10. The van der Waals surface area contributed by atoms with E-state index in [9.17, 15) is 8.42 Å². The standard InChI is InChI=1S/C11H15BrClNO2S/c12-10-4-6-11(7-5-10)17(15,16)14-9-3-1-2-8-13/h4-7,14H,1-3,8-9H2. The maximum atomic E-state index is 11.8. The number of rotatable bonds is 7. The van der Waals surface area contributed by atoms with Crippen molar-refractivity contribution in [2.24, 2.45) is 0 Å². The molecule has 0 bridgehead atoms.